The number of guanidine groups is 10. The molecule has 0 atom stereocenters. The fraction of sp³-hybridized carbons (Fsp3) is 0.682. The number of aliphatic imine (C=N–C) groups is 5. The van der Waals surface area contributed by atoms with Crippen molar-refractivity contribution in [2.45, 2.75) is 233 Å². The van der Waals surface area contributed by atoms with E-state index in [1.54, 1.807) is 0 Å². The Labute approximate surface area is 688 Å². The lowest BCUT2D eigenvalue weighted by Gasteiger charge is -2.26. The molecule has 3 saturated carbocycles. The number of para-hydroxylation sites is 3. The van der Waals surface area contributed by atoms with Gasteiger partial charge < -0.3 is 36.4 Å². The van der Waals surface area contributed by atoms with Crippen LogP contribution in [0.1, 0.15) is 225 Å². The Morgan fingerprint density at radius 1 is 0.389 bits per heavy atom. The van der Waals surface area contributed by atoms with Gasteiger partial charge in [-0.25, -0.2) is 30.9 Å². The van der Waals surface area contributed by atoms with Crippen molar-refractivity contribution in [1.29, 1.82) is 0 Å². The number of likely N-dealkylation sites (N-methyl/N-ethyl adjacent to an activating group) is 2. The van der Waals surface area contributed by atoms with Crippen molar-refractivity contribution in [1.82, 2.24) is 60.9 Å². The quantitative estimate of drug-likeness (QED) is 0.0484. The first-order chi connectivity index (χ1) is 53.1. The molecule has 25 nitrogen and oxygen atoms in total. The molecule has 4 aliphatic rings. The summed E-state index contributed by atoms with van der Waals surface area (Å²) < 4.78 is 10.3. The van der Waals surface area contributed by atoms with Crippen LogP contribution < -0.4 is 42.5 Å². The minimum absolute atomic E-state index is 0.259. The summed E-state index contributed by atoms with van der Waals surface area (Å²) in [5.41, 5.74) is 8.52. The number of nitrogens with zero attached hydrogens (tertiary/aromatic N) is 17. The van der Waals surface area contributed by atoms with Gasteiger partial charge in [-0.2, -0.15) is 0 Å². The smallest absolute Gasteiger partial charge is 0.341 e. The van der Waals surface area contributed by atoms with Crippen LogP contribution in [0.5, 0.6) is 0 Å². The summed E-state index contributed by atoms with van der Waals surface area (Å²) in [7, 11) is 44.7. The molecular weight excluding hydrogens is 1410 g/mol. The number of nitrogens with one attached hydrogen (secondary N) is 8. The molecule has 3 aromatic rings. The van der Waals surface area contributed by atoms with Gasteiger partial charge in [0, 0.05) is 62.4 Å². The van der Waals surface area contributed by atoms with E-state index in [1.807, 2.05) is 159 Å². The molecule has 0 unspecified atom stereocenters. The van der Waals surface area contributed by atoms with Gasteiger partial charge in [-0.3, -0.25) is 47.4 Å². The normalized spacial score (nSPS) is 14.9. The Kier molecular flexibility index (Phi) is 44.1. The zero-order valence-electron chi connectivity index (χ0n) is 77.7. The standard InChI is InChI=1S/C30H47N5.C18H35N5.C18H29N5.C12H27N5.C10H22N5/c1-19(2)23-15-13-16-24(20(3)4)27(23)31-29(33-30(34(9)10)35(11)12)32-28-25(21(5)6)17-14-18-26(28)22(7)8;2*1-22(2)18(23(3)4)21-17(19-15-11-7-5-8-12-15)20-16-13-9-6-10-14-16;1-9(2)13-11(14-10(3)4)15-12(16(5)6)17(7)8;1-12(2)9(13(3)4)11-10-14(5)7-8-15(10)6/h13-22H,1-12H3,(H,31,32);15-16H,5-14H2,1-4H3,(H,19,20);5,7-8,11-12,16H,6,9-10,13-14H2,1-4H3,(H,19,20);9-10H,1-8H3,(H,13,14);7-8H2,1-6H3/q;;;;+1/p+4. The van der Waals surface area contributed by atoms with Gasteiger partial charge in [0.2, 0.25) is 0 Å². The fourth-order valence-corrected chi connectivity index (χ4v) is 14.0. The summed E-state index contributed by atoms with van der Waals surface area (Å²) in [6.45, 7) is 28.4. The highest BCUT2D eigenvalue weighted by atomic mass is 15.4. The molecule has 0 radical (unpaired) electrons. The van der Waals surface area contributed by atoms with Gasteiger partial charge in [0.05, 0.1) is 153 Å². The molecule has 4 fully saturated rings. The van der Waals surface area contributed by atoms with E-state index < -0.39 is 0 Å². The molecule has 1 heterocycles. The molecule has 113 heavy (non-hydrogen) atoms. The number of rotatable bonds is 12. The van der Waals surface area contributed by atoms with Crippen LogP contribution in [0.2, 0.25) is 0 Å². The summed E-state index contributed by atoms with van der Waals surface area (Å²) in [5.74, 6) is 10.8. The maximum atomic E-state index is 5.13. The lowest BCUT2D eigenvalue weighted by Crippen LogP contribution is -2.52. The third kappa shape index (κ3) is 35.7. The van der Waals surface area contributed by atoms with Gasteiger partial charge in [0.25, 0.3) is 29.8 Å². The van der Waals surface area contributed by atoms with Crippen molar-refractivity contribution < 1.29 is 22.9 Å². The van der Waals surface area contributed by atoms with Gasteiger partial charge in [-0.15, -0.1) is 0 Å². The third-order valence-corrected chi connectivity index (χ3v) is 19.5. The Morgan fingerprint density at radius 3 is 1.07 bits per heavy atom. The van der Waals surface area contributed by atoms with Crippen LogP contribution in [-0.2, 0) is 0 Å². The van der Waals surface area contributed by atoms with Crippen molar-refractivity contribution in [2.75, 3.05) is 184 Å². The molecular formula is C88H164N25+5. The van der Waals surface area contributed by atoms with Crippen LogP contribution in [0.25, 0.3) is 0 Å². The highest BCUT2D eigenvalue weighted by Gasteiger charge is 2.29. The van der Waals surface area contributed by atoms with Crippen molar-refractivity contribution in [3.05, 3.63) is 89.0 Å². The summed E-state index contributed by atoms with van der Waals surface area (Å²) in [5, 5.41) is 28.3. The van der Waals surface area contributed by atoms with E-state index in [0.717, 1.165) is 89.7 Å². The Bertz CT molecular complexity index is 3490. The van der Waals surface area contributed by atoms with Crippen LogP contribution >= 0.6 is 0 Å². The lowest BCUT2D eigenvalue weighted by molar-refractivity contribution is -0.471. The monoisotopic (exact) mass is 1570 g/mol. The summed E-state index contributed by atoms with van der Waals surface area (Å²) in [6, 6.07) is 25.5. The zero-order valence-corrected chi connectivity index (χ0v) is 77.7. The summed E-state index contributed by atoms with van der Waals surface area (Å²) in [4.78, 5) is 39.0. The van der Waals surface area contributed by atoms with Crippen molar-refractivity contribution in [3.8, 4) is 0 Å². The number of hydrogen-bond acceptors (Lipinski definition) is 3. The number of hydrogen-bond donors (Lipinski definition) is 8. The van der Waals surface area contributed by atoms with E-state index in [0.29, 0.717) is 47.8 Å². The predicted molar refractivity (Wildman–Crippen MR) is 490 cm³/mol. The van der Waals surface area contributed by atoms with Gasteiger partial charge in [-0.05, 0) is 134 Å². The van der Waals surface area contributed by atoms with Crippen LogP contribution in [0.15, 0.2) is 91.7 Å². The molecule has 3 aliphatic carbocycles. The second-order valence-corrected chi connectivity index (χ2v) is 34.5. The van der Waals surface area contributed by atoms with Crippen LogP contribution in [0, 0.1) is 0 Å². The largest absolute Gasteiger partial charge is 0.392 e. The lowest BCUT2D eigenvalue weighted by atomic mass is 9.92. The molecule has 636 valence electrons. The predicted octanol–water partition coefficient (Wildman–Crippen LogP) is 12.1. The van der Waals surface area contributed by atoms with Crippen LogP contribution in [0.3, 0.4) is 0 Å². The second-order valence-electron chi connectivity index (χ2n) is 34.5. The SMILES string of the molecule is CC(C)N=C(NC(N(C)C)=[N+](C)C)NC(C)C.CC(C)c1cccc(C(C)C)c1NC(=NC(N(C)C)=[N+](C)C)Nc1c(C(C)C)cccc1C(C)C.CN(C)C(N=C1N(C)CCN1C)=[N+](C)C.CN(C)C(NC(=NC1CCCCC1)NC1CCCCC1)=[N+](C)C.CN(C)C(NC(=NC1CCCCC1)Nc1ccccc1)=[N+](C)C. The van der Waals surface area contributed by atoms with Gasteiger partial charge in [0.1, 0.15) is 0 Å². The Balaban J connectivity index is 0.000000378. The summed E-state index contributed by atoms with van der Waals surface area (Å²) >= 11 is 0. The molecule has 0 bridgehead atoms. The van der Waals surface area contributed by atoms with Crippen molar-refractivity contribution >= 4 is 76.7 Å². The molecule has 1 aliphatic heterocycles. The zero-order chi connectivity index (χ0) is 84.9. The first-order valence-electron chi connectivity index (χ1n) is 42.0. The number of benzene rings is 3. The van der Waals surface area contributed by atoms with E-state index in [-0.39, 0.29) is 6.04 Å². The van der Waals surface area contributed by atoms with Gasteiger partial charge in [-0.1, -0.05) is 168 Å². The van der Waals surface area contributed by atoms with Crippen molar-refractivity contribution in [3.63, 3.8) is 0 Å². The van der Waals surface area contributed by atoms with E-state index in [2.05, 4.69) is 255 Å². The van der Waals surface area contributed by atoms with E-state index >= 15 is 0 Å². The maximum Gasteiger partial charge on any atom is 0.392 e. The first kappa shape index (κ1) is 98.6. The molecule has 8 N–H and O–H groups in total. The van der Waals surface area contributed by atoms with E-state index in [9.17, 15) is 0 Å². The van der Waals surface area contributed by atoms with Gasteiger partial charge >= 0.3 is 29.8 Å². The van der Waals surface area contributed by atoms with Crippen LogP contribution in [-0.4, -0.2) is 315 Å². The maximum absolute atomic E-state index is 5.13. The van der Waals surface area contributed by atoms with E-state index in [1.165, 1.54) is 119 Å². The third-order valence-electron chi connectivity index (χ3n) is 19.5. The molecule has 3 aromatic carbocycles. The Morgan fingerprint density at radius 2 is 0.743 bits per heavy atom. The molecule has 0 aromatic heterocycles. The molecule has 0 spiro atoms. The van der Waals surface area contributed by atoms with E-state index in [4.69, 9.17) is 15.0 Å². The molecule has 7 rings (SSSR count). The minimum Gasteiger partial charge on any atom is -0.341 e. The average molecular weight is 1570 g/mol. The minimum atomic E-state index is 0.259. The second kappa shape index (κ2) is 50.6. The molecule has 25 heteroatoms. The van der Waals surface area contributed by atoms with Crippen LogP contribution in [0.4, 0.5) is 17.1 Å². The highest BCUT2D eigenvalue weighted by Crippen LogP contribution is 2.36. The fourth-order valence-electron chi connectivity index (χ4n) is 14.0. The Hall–Kier alpha value is -8.64. The van der Waals surface area contributed by atoms with Crippen molar-refractivity contribution in [2.24, 2.45) is 25.0 Å². The average Bonchev–Trinajstić information content (AvgIpc) is 1.48. The topological polar surface area (TPSA) is 196 Å². The molecule has 0 amide bonds. The number of anilines is 3. The first-order valence-corrected chi connectivity index (χ1v) is 42.0. The highest BCUT2D eigenvalue weighted by molar-refractivity contribution is 6.10. The summed E-state index contributed by atoms with van der Waals surface area (Å²) in [6.07, 6.45) is 19.4. The van der Waals surface area contributed by atoms with Gasteiger partial charge in [0.15, 0.2) is 0 Å². The molecule has 1 saturated heterocycles.